The van der Waals surface area contributed by atoms with E-state index < -0.39 is 0 Å². The molecule has 6 heteroatoms. The number of rotatable bonds is 8. The lowest BCUT2D eigenvalue weighted by atomic mass is 10.4. The minimum absolute atomic E-state index is 0.103. The molecule has 5 nitrogen and oxygen atoms in total. The highest BCUT2D eigenvalue weighted by molar-refractivity contribution is 7.12. The van der Waals surface area contributed by atoms with Crippen molar-refractivity contribution in [1.29, 1.82) is 0 Å². The molecule has 1 aliphatic carbocycles. The zero-order valence-corrected chi connectivity index (χ0v) is 11.5. The number of nitrogens with one attached hydrogen (secondary N) is 2. The van der Waals surface area contributed by atoms with Crippen LogP contribution in [0.15, 0.2) is 17.5 Å². The molecule has 0 aliphatic heterocycles. The van der Waals surface area contributed by atoms with E-state index in [1.54, 1.807) is 6.07 Å². The third-order valence-corrected chi connectivity index (χ3v) is 3.63. The molecule has 104 valence electrons. The Morgan fingerprint density at radius 2 is 2.11 bits per heavy atom. The predicted octanol–water partition coefficient (Wildman–Crippen LogP) is 1.02. The van der Waals surface area contributed by atoms with Crippen molar-refractivity contribution in [2.75, 3.05) is 26.3 Å². The van der Waals surface area contributed by atoms with E-state index in [2.05, 4.69) is 10.6 Å². The van der Waals surface area contributed by atoms with Gasteiger partial charge in [-0.1, -0.05) is 6.07 Å². The summed E-state index contributed by atoms with van der Waals surface area (Å²) in [5.41, 5.74) is 0. The first-order valence-corrected chi connectivity index (χ1v) is 7.30. The molecular formula is C13H18N2O3S. The maximum atomic E-state index is 11.6. The van der Waals surface area contributed by atoms with E-state index in [-0.39, 0.29) is 18.4 Å². The van der Waals surface area contributed by atoms with Crippen molar-refractivity contribution in [3.05, 3.63) is 22.4 Å². The molecule has 1 aliphatic rings. The lowest BCUT2D eigenvalue weighted by Gasteiger charge is -2.06. The Balaban J connectivity index is 1.48. The summed E-state index contributed by atoms with van der Waals surface area (Å²) in [5.74, 6) is 0.429. The maximum absolute atomic E-state index is 11.6. The van der Waals surface area contributed by atoms with Crippen LogP contribution in [-0.2, 0) is 9.53 Å². The molecule has 0 atom stereocenters. The van der Waals surface area contributed by atoms with E-state index >= 15 is 0 Å². The Hall–Kier alpha value is -1.40. The third-order valence-electron chi connectivity index (χ3n) is 2.76. The molecule has 2 amide bonds. The molecule has 0 aromatic carbocycles. The molecule has 0 unspecified atom stereocenters. The fraction of sp³-hybridized carbons (Fsp3) is 0.538. The van der Waals surface area contributed by atoms with Crippen LogP contribution in [0.25, 0.3) is 0 Å². The SMILES string of the molecule is O=C(COCC1CC1)NCCNC(=O)c1cccs1. The number of carbonyl (C=O) groups excluding carboxylic acids is 2. The van der Waals surface area contributed by atoms with Crippen molar-refractivity contribution < 1.29 is 14.3 Å². The van der Waals surface area contributed by atoms with Gasteiger partial charge < -0.3 is 15.4 Å². The topological polar surface area (TPSA) is 67.4 Å². The summed E-state index contributed by atoms with van der Waals surface area (Å²) in [4.78, 5) is 23.6. The molecule has 1 heterocycles. The molecule has 1 aromatic heterocycles. The fourth-order valence-electron chi connectivity index (χ4n) is 1.53. The van der Waals surface area contributed by atoms with E-state index in [1.165, 1.54) is 24.2 Å². The van der Waals surface area contributed by atoms with Crippen LogP contribution in [0, 0.1) is 5.92 Å². The summed E-state index contributed by atoms with van der Waals surface area (Å²) < 4.78 is 5.26. The summed E-state index contributed by atoms with van der Waals surface area (Å²) in [6.45, 7) is 1.63. The highest BCUT2D eigenvalue weighted by Crippen LogP contribution is 2.28. The van der Waals surface area contributed by atoms with Crippen molar-refractivity contribution in [2.24, 2.45) is 5.92 Å². The van der Waals surface area contributed by atoms with Gasteiger partial charge in [0.05, 0.1) is 11.5 Å². The van der Waals surface area contributed by atoms with Crippen LogP contribution in [0.2, 0.25) is 0 Å². The molecule has 0 saturated heterocycles. The van der Waals surface area contributed by atoms with Crippen molar-refractivity contribution in [3.8, 4) is 0 Å². The quantitative estimate of drug-likeness (QED) is 0.700. The van der Waals surface area contributed by atoms with Gasteiger partial charge in [0.1, 0.15) is 6.61 Å². The minimum atomic E-state index is -0.133. The van der Waals surface area contributed by atoms with Gasteiger partial charge in [0, 0.05) is 13.1 Å². The molecule has 0 bridgehead atoms. The van der Waals surface area contributed by atoms with Crippen LogP contribution in [0.4, 0.5) is 0 Å². The average molecular weight is 282 g/mol. The molecule has 2 rings (SSSR count). The Labute approximate surface area is 116 Å². The standard InChI is InChI=1S/C13H18N2O3S/c16-12(9-18-8-10-3-4-10)14-5-6-15-13(17)11-2-1-7-19-11/h1-2,7,10H,3-6,8-9H2,(H,14,16)(H,15,17). The second kappa shape index (κ2) is 7.25. The summed E-state index contributed by atoms with van der Waals surface area (Å²) >= 11 is 1.40. The molecule has 0 spiro atoms. The molecule has 1 aromatic rings. The predicted molar refractivity (Wildman–Crippen MR) is 73.2 cm³/mol. The number of thiophene rings is 1. The molecule has 19 heavy (non-hydrogen) atoms. The molecular weight excluding hydrogens is 264 g/mol. The van der Waals surface area contributed by atoms with Crippen LogP contribution in [-0.4, -0.2) is 38.1 Å². The first kappa shape index (κ1) is 14.0. The summed E-state index contributed by atoms with van der Waals surface area (Å²) in [6.07, 6.45) is 2.44. The zero-order valence-electron chi connectivity index (χ0n) is 10.7. The number of ether oxygens (including phenoxy) is 1. The van der Waals surface area contributed by atoms with E-state index in [0.29, 0.717) is 30.5 Å². The lowest BCUT2D eigenvalue weighted by Crippen LogP contribution is -2.36. The number of carbonyl (C=O) groups is 2. The van der Waals surface area contributed by atoms with Crippen LogP contribution in [0.1, 0.15) is 22.5 Å². The minimum Gasteiger partial charge on any atom is -0.371 e. The normalized spacial score (nSPS) is 14.1. The third kappa shape index (κ3) is 5.40. The number of hydrogen-bond acceptors (Lipinski definition) is 4. The smallest absolute Gasteiger partial charge is 0.261 e. The first-order valence-electron chi connectivity index (χ1n) is 6.42. The van der Waals surface area contributed by atoms with Gasteiger partial charge in [-0.05, 0) is 30.2 Å². The Kier molecular flexibility index (Phi) is 5.35. The van der Waals surface area contributed by atoms with Gasteiger partial charge in [-0.3, -0.25) is 9.59 Å². The second-order valence-corrected chi connectivity index (χ2v) is 5.49. The Bertz CT molecular complexity index is 416. The van der Waals surface area contributed by atoms with Crippen molar-refractivity contribution in [2.45, 2.75) is 12.8 Å². The van der Waals surface area contributed by atoms with Gasteiger partial charge in [0.15, 0.2) is 0 Å². The summed E-state index contributed by atoms with van der Waals surface area (Å²) in [6, 6.07) is 3.60. The molecule has 1 fully saturated rings. The van der Waals surface area contributed by atoms with Gasteiger partial charge >= 0.3 is 0 Å². The molecule has 2 N–H and O–H groups in total. The highest BCUT2D eigenvalue weighted by atomic mass is 32.1. The summed E-state index contributed by atoms with van der Waals surface area (Å²) in [5, 5.41) is 7.30. The van der Waals surface area contributed by atoms with Crippen LogP contribution in [0.3, 0.4) is 0 Å². The number of amides is 2. The van der Waals surface area contributed by atoms with E-state index in [4.69, 9.17) is 4.74 Å². The van der Waals surface area contributed by atoms with E-state index in [9.17, 15) is 9.59 Å². The van der Waals surface area contributed by atoms with E-state index in [0.717, 1.165) is 0 Å². The van der Waals surface area contributed by atoms with Gasteiger partial charge in [-0.25, -0.2) is 0 Å². The van der Waals surface area contributed by atoms with Crippen LogP contribution in [0.5, 0.6) is 0 Å². The van der Waals surface area contributed by atoms with Gasteiger partial charge in [-0.2, -0.15) is 0 Å². The molecule has 1 saturated carbocycles. The van der Waals surface area contributed by atoms with Crippen LogP contribution >= 0.6 is 11.3 Å². The van der Waals surface area contributed by atoms with Crippen LogP contribution < -0.4 is 10.6 Å². The Morgan fingerprint density at radius 3 is 2.79 bits per heavy atom. The Morgan fingerprint density at radius 1 is 1.32 bits per heavy atom. The largest absolute Gasteiger partial charge is 0.371 e. The fourth-order valence-corrected chi connectivity index (χ4v) is 2.17. The zero-order chi connectivity index (χ0) is 13.5. The highest BCUT2D eigenvalue weighted by Gasteiger charge is 2.21. The van der Waals surface area contributed by atoms with E-state index in [1.807, 2.05) is 11.4 Å². The van der Waals surface area contributed by atoms with Crippen molar-refractivity contribution in [3.63, 3.8) is 0 Å². The van der Waals surface area contributed by atoms with Gasteiger partial charge in [-0.15, -0.1) is 11.3 Å². The summed E-state index contributed by atoms with van der Waals surface area (Å²) in [7, 11) is 0. The molecule has 0 radical (unpaired) electrons. The van der Waals surface area contributed by atoms with Crippen molar-refractivity contribution >= 4 is 23.2 Å². The van der Waals surface area contributed by atoms with Gasteiger partial charge in [0.25, 0.3) is 5.91 Å². The first-order chi connectivity index (χ1) is 9.25. The van der Waals surface area contributed by atoms with Crippen molar-refractivity contribution in [1.82, 2.24) is 10.6 Å². The average Bonchev–Trinajstić information content (AvgIpc) is 3.06. The maximum Gasteiger partial charge on any atom is 0.261 e. The number of hydrogen-bond donors (Lipinski definition) is 2. The van der Waals surface area contributed by atoms with Gasteiger partial charge in [0.2, 0.25) is 5.91 Å². The monoisotopic (exact) mass is 282 g/mol. The lowest BCUT2D eigenvalue weighted by molar-refractivity contribution is -0.125. The second-order valence-electron chi connectivity index (χ2n) is 4.54.